The standard InChI is InChI=1S/C16H20N2O3/c1-20-9-8-16(6-7-16)12-18-15(19)11-21-14-4-2-13(10-17)3-5-14/h2-5H,6-9,11-12H2,1H3,(H,18,19). The van der Waals surface area contributed by atoms with Crippen molar-refractivity contribution in [3.63, 3.8) is 0 Å². The number of ether oxygens (including phenoxy) is 2. The van der Waals surface area contributed by atoms with Gasteiger partial charge in [-0.15, -0.1) is 0 Å². The number of nitriles is 1. The lowest BCUT2D eigenvalue weighted by atomic mass is 10.0. The van der Waals surface area contributed by atoms with Gasteiger partial charge in [-0.1, -0.05) is 0 Å². The van der Waals surface area contributed by atoms with Crippen LogP contribution in [0, 0.1) is 16.7 Å². The normalized spacial score (nSPS) is 15.0. The van der Waals surface area contributed by atoms with Crippen LogP contribution in [0.4, 0.5) is 0 Å². The number of hydrogen-bond donors (Lipinski definition) is 1. The molecule has 0 bridgehead atoms. The lowest BCUT2D eigenvalue weighted by Gasteiger charge is -2.15. The molecular formula is C16H20N2O3. The van der Waals surface area contributed by atoms with Crippen LogP contribution in [0.25, 0.3) is 0 Å². The van der Waals surface area contributed by atoms with E-state index in [2.05, 4.69) is 5.32 Å². The summed E-state index contributed by atoms with van der Waals surface area (Å²) in [5.41, 5.74) is 0.806. The van der Waals surface area contributed by atoms with Crippen molar-refractivity contribution in [2.45, 2.75) is 19.3 Å². The first-order valence-electron chi connectivity index (χ1n) is 7.06. The fourth-order valence-electron chi connectivity index (χ4n) is 2.12. The third kappa shape index (κ3) is 4.76. The smallest absolute Gasteiger partial charge is 0.257 e. The van der Waals surface area contributed by atoms with Gasteiger partial charge in [-0.3, -0.25) is 4.79 Å². The first-order valence-corrected chi connectivity index (χ1v) is 7.06. The average Bonchev–Trinajstić information content (AvgIpc) is 3.30. The largest absolute Gasteiger partial charge is 0.484 e. The molecule has 1 amide bonds. The van der Waals surface area contributed by atoms with Crippen LogP contribution in [0.1, 0.15) is 24.8 Å². The Morgan fingerprint density at radius 3 is 2.67 bits per heavy atom. The molecule has 1 fully saturated rings. The molecule has 0 aromatic heterocycles. The molecule has 0 radical (unpaired) electrons. The topological polar surface area (TPSA) is 71.3 Å². The fraction of sp³-hybridized carbons (Fsp3) is 0.500. The molecule has 0 heterocycles. The van der Waals surface area contributed by atoms with Crippen molar-refractivity contribution in [2.75, 3.05) is 26.9 Å². The van der Waals surface area contributed by atoms with Crippen molar-refractivity contribution < 1.29 is 14.3 Å². The van der Waals surface area contributed by atoms with Crippen molar-refractivity contribution >= 4 is 5.91 Å². The molecule has 0 atom stereocenters. The summed E-state index contributed by atoms with van der Waals surface area (Å²) < 4.78 is 10.5. The Kier molecular flexibility index (Phi) is 5.18. The van der Waals surface area contributed by atoms with E-state index in [1.54, 1.807) is 31.4 Å². The molecule has 0 aliphatic heterocycles. The van der Waals surface area contributed by atoms with E-state index in [1.165, 1.54) is 0 Å². The number of rotatable bonds is 8. The Hall–Kier alpha value is -2.06. The first-order chi connectivity index (χ1) is 10.2. The van der Waals surface area contributed by atoms with E-state index in [4.69, 9.17) is 14.7 Å². The van der Waals surface area contributed by atoms with Gasteiger partial charge in [0.2, 0.25) is 0 Å². The van der Waals surface area contributed by atoms with Gasteiger partial charge in [0.1, 0.15) is 5.75 Å². The zero-order valence-corrected chi connectivity index (χ0v) is 12.2. The minimum Gasteiger partial charge on any atom is -0.484 e. The van der Waals surface area contributed by atoms with E-state index in [1.807, 2.05) is 6.07 Å². The number of nitrogens with zero attached hydrogens (tertiary/aromatic N) is 1. The van der Waals surface area contributed by atoms with E-state index in [0.29, 0.717) is 17.9 Å². The predicted octanol–water partition coefficient (Wildman–Crippen LogP) is 1.87. The Balaban J connectivity index is 1.69. The van der Waals surface area contributed by atoms with Crippen molar-refractivity contribution in [1.29, 1.82) is 5.26 Å². The van der Waals surface area contributed by atoms with Crippen molar-refractivity contribution in [2.24, 2.45) is 5.41 Å². The number of carbonyl (C=O) groups excluding carboxylic acids is 1. The number of methoxy groups -OCH3 is 1. The minimum absolute atomic E-state index is 0.00768. The molecule has 112 valence electrons. The zero-order valence-electron chi connectivity index (χ0n) is 12.2. The van der Waals surface area contributed by atoms with E-state index in [9.17, 15) is 4.79 Å². The summed E-state index contributed by atoms with van der Waals surface area (Å²) >= 11 is 0. The minimum atomic E-state index is -0.122. The molecule has 5 heteroatoms. The maximum absolute atomic E-state index is 11.8. The molecule has 1 aliphatic carbocycles. The summed E-state index contributed by atoms with van der Waals surface area (Å²) in [4.78, 5) is 11.8. The van der Waals surface area contributed by atoms with Gasteiger partial charge in [0, 0.05) is 20.3 Å². The van der Waals surface area contributed by atoms with Crippen LogP contribution in [0.5, 0.6) is 5.75 Å². The molecular weight excluding hydrogens is 268 g/mol. The van der Waals surface area contributed by atoms with Crippen LogP contribution in [-0.4, -0.2) is 32.8 Å². The molecule has 1 aromatic rings. The lowest BCUT2D eigenvalue weighted by Crippen LogP contribution is -2.34. The Labute approximate surface area is 124 Å². The number of carbonyl (C=O) groups is 1. The van der Waals surface area contributed by atoms with Crippen LogP contribution >= 0.6 is 0 Å². The van der Waals surface area contributed by atoms with Crippen molar-refractivity contribution in [1.82, 2.24) is 5.32 Å². The van der Waals surface area contributed by atoms with Crippen molar-refractivity contribution in [3.8, 4) is 11.8 Å². The van der Waals surface area contributed by atoms with Gasteiger partial charge in [0.25, 0.3) is 5.91 Å². The number of nitrogens with one attached hydrogen (secondary N) is 1. The highest BCUT2D eigenvalue weighted by Gasteiger charge is 2.42. The summed E-state index contributed by atoms with van der Waals surface area (Å²) in [6.45, 7) is 1.41. The predicted molar refractivity (Wildman–Crippen MR) is 77.8 cm³/mol. The Morgan fingerprint density at radius 1 is 1.38 bits per heavy atom. The Bertz CT molecular complexity index is 515. The first kappa shape index (κ1) is 15.3. The van der Waals surface area contributed by atoms with Gasteiger partial charge in [0.05, 0.1) is 11.6 Å². The van der Waals surface area contributed by atoms with Gasteiger partial charge in [-0.25, -0.2) is 0 Å². The third-order valence-corrected chi connectivity index (χ3v) is 3.81. The Morgan fingerprint density at radius 2 is 2.10 bits per heavy atom. The van der Waals surface area contributed by atoms with E-state index in [-0.39, 0.29) is 17.9 Å². The SMILES string of the molecule is COCCC1(CNC(=O)COc2ccc(C#N)cc2)CC1. The van der Waals surface area contributed by atoms with Gasteiger partial charge < -0.3 is 14.8 Å². The van der Waals surface area contributed by atoms with Gasteiger partial charge in [-0.05, 0) is 48.9 Å². The molecule has 1 aromatic carbocycles. The highest BCUT2D eigenvalue weighted by atomic mass is 16.5. The van der Waals surface area contributed by atoms with E-state index in [0.717, 1.165) is 25.9 Å². The molecule has 0 spiro atoms. The molecule has 1 aliphatic rings. The zero-order chi connectivity index (χ0) is 15.1. The molecule has 0 saturated heterocycles. The second kappa shape index (κ2) is 7.09. The average molecular weight is 288 g/mol. The van der Waals surface area contributed by atoms with Crippen LogP contribution < -0.4 is 10.1 Å². The molecule has 2 rings (SSSR count). The maximum atomic E-state index is 11.8. The van der Waals surface area contributed by atoms with Crippen LogP contribution in [0.3, 0.4) is 0 Å². The monoisotopic (exact) mass is 288 g/mol. The molecule has 1 N–H and O–H groups in total. The van der Waals surface area contributed by atoms with Gasteiger partial charge >= 0.3 is 0 Å². The van der Waals surface area contributed by atoms with Gasteiger partial charge in [-0.2, -0.15) is 5.26 Å². The summed E-state index contributed by atoms with van der Waals surface area (Å²) in [6, 6.07) is 8.74. The molecule has 5 nitrogen and oxygen atoms in total. The van der Waals surface area contributed by atoms with E-state index >= 15 is 0 Å². The third-order valence-electron chi connectivity index (χ3n) is 3.81. The molecule has 0 unspecified atom stereocenters. The second-order valence-corrected chi connectivity index (χ2v) is 5.44. The second-order valence-electron chi connectivity index (χ2n) is 5.44. The summed E-state index contributed by atoms with van der Waals surface area (Å²) in [5, 5.41) is 11.6. The number of hydrogen-bond acceptors (Lipinski definition) is 4. The summed E-state index contributed by atoms with van der Waals surface area (Å²) in [5.74, 6) is 0.465. The van der Waals surface area contributed by atoms with Crippen LogP contribution in [0.15, 0.2) is 24.3 Å². The summed E-state index contributed by atoms with van der Waals surface area (Å²) in [7, 11) is 1.69. The molecule has 1 saturated carbocycles. The summed E-state index contributed by atoms with van der Waals surface area (Å²) in [6.07, 6.45) is 3.28. The molecule has 21 heavy (non-hydrogen) atoms. The lowest BCUT2D eigenvalue weighted by molar-refractivity contribution is -0.123. The van der Waals surface area contributed by atoms with Gasteiger partial charge in [0.15, 0.2) is 6.61 Å². The fourth-order valence-corrected chi connectivity index (χ4v) is 2.12. The highest BCUT2D eigenvalue weighted by molar-refractivity contribution is 5.77. The maximum Gasteiger partial charge on any atom is 0.257 e. The van der Waals surface area contributed by atoms with Crippen LogP contribution in [0.2, 0.25) is 0 Å². The number of amides is 1. The quantitative estimate of drug-likeness (QED) is 0.792. The van der Waals surface area contributed by atoms with Crippen LogP contribution in [-0.2, 0) is 9.53 Å². The number of benzene rings is 1. The highest BCUT2D eigenvalue weighted by Crippen LogP contribution is 2.48. The van der Waals surface area contributed by atoms with Crippen molar-refractivity contribution in [3.05, 3.63) is 29.8 Å². The van der Waals surface area contributed by atoms with E-state index < -0.39 is 0 Å².